The number of rotatable bonds is 5. The fourth-order valence-electron chi connectivity index (χ4n) is 1.92. The third kappa shape index (κ3) is 3.45. The number of carboxylic acid groups (broad SMARTS) is 1. The molecule has 19 heavy (non-hydrogen) atoms. The van der Waals surface area contributed by atoms with E-state index < -0.39 is 5.97 Å². The predicted octanol–water partition coefficient (Wildman–Crippen LogP) is 3.03. The lowest BCUT2D eigenvalue weighted by Gasteiger charge is -2.13. The highest BCUT2D eigenvalue weighted by Crippen LogP contribution is 2.23. The fraction of sp³-hybridized carbons (Fsp3) is 0.214. The van der Waals surface area contributed by atoms with Gasteiger partial charge in [0.1, 0.15) is 5.76 Å². The Morgan fingerprint density at radius 1 is 1.26 bits per heavy atom. The molecule has 3 N–H and O–H groups in total. The summed E-state index contributed by atoms with van der Waals surface area (Å²) < 4.78 is 6.27. The van der Waals surface area contributed by atoms with E-state index >= 15 is 0 Å². The molecule has 0 aliphatic rings. The number of furan rings is 1. The summed E-state index contributed by atoms with van der Waals surface area (Å²) in [4.78, 5) is 10.8. The lowest BCUT2D eigenvalue weighted by atomic mass is 9.95. The Bertz CT molecular complexity index is 562. The van der Waals surface area contributed by atoms with Gasteiger partial charge in [-0.1, -0.05) is 28.1 Å². The van der Waals surface area contributed by atoms with Crippen molar-refractivity contribution in [1.82, 2.24) is 0 Å². The number of nitrogens with two attached hydrogens (primary N) is 1. The van der Waals surface area contributed by atoms with Crippen LogP contribution in [0, 0.1) is 0 Å². The van der Waals surface area contributed by atoms with E-state index in [1.807, 2.05) is 24.3 Å². The zero-order valence-electron chi connectivity index (χ0n) is 10.2. The van der Waals surface area contributed by atoms with Crippen LogP contribution >= 0.6 is 15.9 Å². The number of hydrogen-bond acceptors (Lipinski definition) is 3. The third-order valence-corrected chi connectivity index (χ3v) is 3.47. The SMILES string of the molecule is NCC(Cc1ccc(C(=O)O)o1)c1ccc(Br)cc1. The maximum atomic E-state index is 10.8. The van der Waals surface area contributed by atoms with Crippen molar-refractivity contribution in [2.45, 2.75) is 12.3 Å². The number of carboxylic acids is 1. The molecule has 0 spiro atoms. The first kappa shape index (κ1) is 13.8. The van der Waals surface area contributed by atoms with Crippen molar-refractivity contribution in [2.24, 2.45) is 5.73 Å². The van der Waals surface area contributed by atoms with Gasteiger partial charge in [-0.2, -0.15) is 0 Å². The quantitative estimate of drug-likeness (QED) is 0.886. The second-order valence-electron chi connectivity index (χ2n) is 4.26. The van der Waals surface area contributed by atoms with Crippen LogP contribution in [-0.4, -0.2) is 17.6 Å². The van der Waals surface area contributed by atoms with Crippen LogP contribution in [0.1, 0.15) is 27.8 Å². The van der Waals surface area contributed by atoms with Crippen LogP contribution < -0.4 is 5.73 Å². The highest BCUT2D eigenvalue weighted by Gasteiger charge is 2.15. The van der Waals surface area contributed by atoms with Crippen LogP contribution in [0.15, 0.2) is 45.3 Å². The second-order valence-corrected chi connectivity index (χ2v) is 5.18. The van der Waals surface area contributed by atoms with Gasteiger partial charge in [-0.05, 0) is 36.4 Å². The summed E-state index contributed by atoms with van der Waals surface area (Å²) >= 11 is 3.39. The molecule has 1 unspecified atom stereocenters. The van der Waals surface area contributed by atoms with E-state index in [9.17, 15) is 4.79 Å². The van der Waals surface area contributed by atoms with Gasteiger partial charge >= 0.3 is 5.97 Å². The van der Waals surface area contributed by atoms with Crippen molar-refractivity contribution in [3.63, 3.8) is 0 Å². The second kappa shape index (κ2) is 6.04. The molecule has 1 aromatic heterocycles. The molecule has 0 saturated carbocycles. The standard InChI is InChI=1S/C14H14BrNO3/c15-11-3-1-9(2-4-11)10(8-16)7-12-5-6-13(19-12)14(17)18/h1-6,10H,7-8,16H2,(H,17,18). The molecule has 100 valence electrons. The molecule has 0 aliphatic heterocycles. The number of hydrogen-bond donors (Lipinski definition) is 2. The molecular weight excluding hydrogens is 310 g/mol. The summed E-state index contributed by atoms with van der Waals surface area (Å²) in [5, 5.41) is 8.81. The molecule has 2 rings (SSSR count). The molecule has 0 fully saturated rings. The largest absolute Gasteiger partial charge is 0.475 e. The number of halogens is 1. The minimum Gasteiger partial charge on any atom is -0.475 e. The van der Waals surface area contributed by atoms with E-state index in [1.54, 1.807) is 6.07 Å². The average Bonchev–Trinajstić information content (AvgIpc) is 2.86. The van der Waals surface area contributed by atoms with Gasteiger partial charge in [-0.3, -0.25) is 0 Å². The zero-order chi connectivity index (χ0) is 13.8. The molecule has 5 heteroatoms. The van der Waals surface area contributed by atoms with E-state index in [4.69, 9.17) is 15.3 Å². The van der Waals surface area contributed by atoms with Gasteiger partial charge < -0.3 is 15.3 Å². The van der Waals surface area contributed by atoms with Crippen molar-refractivity contribution >= 4 is 21.9 Å². The Morgan fingerprint density at radius 2 is 1.95 bits per heavy atom. The van der Waals surface area contributed by atoms with Crippen molar-refractivity contribution in [2.75, 3.05) is 6.54 Å². The summed E-state index contributed by atoms with van der Waals surface area (Å²) in [5.41, 5.74) is 6.90. The van der Waals surface area contributed by atoms with Crippen LogP contribution in [0.5, 0.6) is 0 Å². The van der Waals surface area contributed by atoms with Gasteiger partial charge in [0.2, 0.25) is 5.76 Å². The van der Waals surface area contributed by atoms with Gasteiger partial charge in [0.25, 0.3) is 0 Å². The van der Waals surface area contributed by atoms with Crippen LogP contribution in [0.25, 0.3) is 0 Å². The fourth-order valence-corrected chi connectivity index (χ4v) is 2.18. The molecule has 4 nitrogen and oxygen atoms in total. The average molecular weight is 324 g/mol. The van der Waals surface area contributed by atoms with Crippen LogP contribution in [0.4, 0.5) is 0 Å². The van der Waals surface area contributed by atoms with E-state index in [-0.39, 0.29) is 11.7 Å². The first-order chi connectivity index (χ1) is 9.10. The molecule has 0 saturated heterocycles. The van der Waals surface area contributed by atoms with E-state index in [0.717, 1.165) is 10.0 Å². The number of carbonyl (C=O) groups is 1. The summed E-state index contributed by atoms with van der Waals surface area (Å²) in [6.07, 6.45) is 0.589. The molecule has 1 heterocycles. The minimum absolute atomic E-state index is 0.0402. The normalized spacial score (nSPS) is 12.3. The third-order valence-electron chi connectivity index (χ3n) is 2.95. The predicted molar refractivity (Wildman–Crippen MR) is 75.3 cm³/mol. The van der Waals surface area contributed by atoms with Crippen LogP contribution in [-0.2, 0) is 6.42 Å². The molecular formula is C14H14BrNO3. The molecule has 1 atom stereocenters. The Kier molecular flexibility index (Phi) is 4.39. The van der Waals surface area contributed by atoms with E-state index in [2.05, 4.69) is 15.9 Å². The zero-order valence-corrected chi connectivity index (χ0v) is 11.8. The first-order valence-corrected chi connectivity index (χ1v) is 6.67. The summed E-state index contributed by atoms with van der Waals surface area (Å²) in [5.74, 6) is -0.350. The van der Waals surface area contributed by atoms with E-state index in [1.165, 1.54) is 6.07 Å². The highest BCUT2D eigenvalue weighted by atomic mass is 79.9. The van der Waals surface area contributed by atoms with Gasteiger partial charge in [0, 0.05) is 16.8 Å². The molecule has 2 aromatic rings. The number of benzene rings is 1. The van der Waals surface area contributed by atoms with Crippen molar-refractivity contribution < 1.29 is 14.3 Å². The molecule has 0 aliphatic carbocycles. The van der Waals surface area contributed by atoms with Crippen LogP contribution in [0.3, 0.4) is 0 Å². The Balaban J connectivity index is 2.14. The first-order valence-electron chi connectivity index (χ1n) is 5.87. The summed E-state index contributed by atoms with van der Waals surface area (Å²) in [6, 6.07) is 11.1. The summed E-state index contributed by atoms with van der Waals surface area (Å²) in [6.45, 7) is 0.477. The Hall–Kier alpha value is -1.59. The Labute approximate surface area is 119 Å². The molecule has 1 aromatic carbocycles. The molecule has 0 amide bonds. The van der Waals surface area contributed by atoms with Crippen LogP contribution in [0.2, 0.25) is 0 Å². The Morgan fingerprint density at radius 3 is 2.47 bits per heavy atom. The van der Waals surface area contributed by atoms with E-state index in [0.29, 0.717) is 18.7 Å². The smallest absolute Gasteiger partial charge is 0.371 e. The lowest BCUT2D eigenvalue weighted by Crippen LogP contribution is -2.14. The summed E-state index contributed by atoms with van der Waals surface area (Å²) in [7, 11) is 0. The van der Waals surface area contributed by atoms with Gasteiger partial charge in [-0.25, -0.2) is 4.79 Å². The maximum Gasteiger partial charge on any atom is 0.371 e. The molecule has 0 radical (unpaired) electrons. The maximum absolute atomic E-state index is 10.8. The van der Waals surface area contributed by atoms with Gasteiger partial charge in [0.15, 0.2) is 0 Å². The molecule has 0 bridgehead atoms. The van der Waals surface area contributed by atoms with Crippen molar-refractivity contribution in [3.05, 3.63) is 58.0 Å². The number of aromatic carboxylic acids is 1. The van der Waals surface area contributed by atoms with Crippen molar-refractivity contribution in [3.8, 4) is 0 Å². The van der Waals surface area contributed by atoms with Gasteiger partial charge in [0.05, 0.1) is 0 Å². The van der Waals surface area contributed by atoms with Gasteiger partial charge in [-0.15, -0.1) is 0 Å². The highest BCUT2D eigenvalue weighted by molar-refractivity contribution is 9.10. The lowest BCUT2D eigenvalue weighted by molar-refractivity contribution is 0.0660. The minimum atomic E-state index is -1.06. The topological polar surface area (TPSA) is 76.5 Å². The van der Waals surface area contributed by atoms with Crippen molar-refractivity contribution in [1.29, 1.82) is 0 Å². The monoisotopic (exact) mass is 323 g/mol.